The van der Waals surface area contributed by atoms with E-state index in [1.807, 2.05) is 0 Å². The van der Waals surface area contributed by atoms with Crippen molar-refractivity contribution in [3.05, 3.63) is 17.7 Å². The Morgan fingerprint density at radius 2 is 2.33 bits per heavy atom. The number of methoxy groups -OCH3 is 1. The molecule has 0 spiro atoms. The number of benzene rings is 1. The zero-order valence-corrected chi connectivity index (χ0v) is 8.15. The second kappa shape index (κ2) is 3.34. The van der Waals surface area contributed by atoms with Crippen molar-refractivity contribution in [3.8, 4) is 11.5 Å². The van der Waals surface area contributed by atoms with Crippen LogP contribution >= 0.6 is 0 Å². The SMILES string of the molecule is COc1ccc2c(c1O)CC(C(=O)O)N2. The maximum atomic E-state index is 10.8. The fraction of sp³-hybridized carbons (Fsp3) is 0.300. The minimum atomic E-state index is -0.926. The Labute approximate surface area is 86.3 Å². The number of carboxylic acids is 1. The smallest absolute Gasteiger partial charge is 0.326 e. The molecule has 1 heterocycles. The molecule has 0 radical (unpaired) electrons. The fourth-order valence-electron chi connectivity index (χ4n) is 1.71. The van der Waals surface area contributed by atoms with Crippen LogP contribution in [0.4, 0.5) is 5.69 Å². The van der Waals surface area contributed by atoms with Crippen LogP contribution in [0.25, 0.3) is 0 Å². The molecule has 0 fully saturated rings. The third-order valence-corrected chi connectivity index (χ3v) is 2.50. The van der Waals surface area contributed by atoms with E-state index in [2.05, 4.69) is 5.32 Å². The van der Waals surface area contributed by atoms with Gasteiger partial charge in [-0.05, 0) is 12.1 Å². The van der Waals surface area contributed by atoms with Crippen LogP contribution < -0.4 is 10.1 Å². The number of carbonyl (C=O) groups is 1. The number of hydrogen-bond acceptors (Lipinski definition) is 4. The summed E-state index contributed by atoms with van der Waals surface area (Å²) < 4.78 is 4.94. The number of anilines is 1. The van der Waals surface area contributed by atoms with Crippen molar-refractivity contribution < 1.29 is 19.7 Å². The Morgan fingerprint density at radius 3 is 2.93 bits per heavy atom. The molecule has 1 atom stereocenters. The number of hydrogen-bond donors (Lipinski definition) is 3. The van der Waals surface area contributed by atoms with E-state index in [4.69, 9.17) is 9.84 Å². The van der Waals surface area contributed by atoms with Crippen LogP contribution in [0, 0.1) is 0 Å². The van der Waals surface area contributed by atoms with Crippen molar-refractivity contribution in [1.29, 1.82) is 0 Å². The lowest BCUT2D eigenvalue weighted by atomic mass is 10.1. The molecule has 0 bridgehead atoms. The zero-order valence-electron chi connectivity index (χ0n) is 8.15. The number of carboxylic acid groups (broad SMARTS) is 1. The van der Waals surface area contributed by atoms with Crippen LogP contribution in [0.3, 0.4) is 0 Å². The summed E-state index contributed by atoms with van der Waals surface area (Å²) in [5.74, 6) is -0.544. The van der Waals surface area contributed by atoms with Gasteiger partial charge in [0.15, 0.2) is 11.5 Å². The highest BCUT2D eigenvalue weighted by atomic mass is 16.5. The van der Waals surface area contributed by atoms with Gasteiger partial charge in [0, 0.05) is 17.7 Å². The van der Waals surface area contributed by atoms with E-state index < -0.39 is 12.0 Å². The third kappa shape index (κ3) is 1.45. The first kappa shape index (κ1) is 9.64. The summed E-state index contributed by atoms with van der Waals surface area (Å²) >= 11 is 0. The normalized spacial score (nSPS) is 18.1. The number of rotatable bonds is 2. The first-order valence-corrected chi connectivity index (χ1v) is 4.51. The summed E-state index contributed by atoms with van der Waals surface area (Å²) in [6, 6.07) is 2.64. The van der Waals surface area contributed by atoms with Crippen molar-refractivity contribution in [2.24, 2.45) is 0 Å². The topological polar surface area (TPSA) is 78.8 Å². The fourth-order valence-corrected chi connectivity index (χ4v) is 1.71. The van der Waals surface area contributed by atoms with Crippen molar-refractivity contribution in [3.63, 3.8) is 0 Å². The number of phenolic OH excluding ortho intramolecular Hbond substituents is 1. The number of fused-ring (bicyclic) bond motifs is 1. The predicted octanol–water partition coefficient (Wildman–Crippen LogP) is 0.822. The van der Waals surface area contributed by atoms with Gasteiger partial charge in [0.1, 0.15) is 6.04 Å². The van der Waals surface area contributed by atoms with Crippen LogP contribution in [-0.4, -0.2) is 29.3 Å². The molecule has 80 valence electrons. The zero-order chi connectivity index (χ0) is 11.0. The van der Waals surface area contributed by atoms with E-state index in [1.165, 1.54) is 7.11 Å². The van der Waals surface area contributed by atoms with Gasteiger partial charge in [0.2, 0.25) is 0 Å². The van der Waals surface area contributed by atoms with E-state index in [0.717, 1.165) is 0 Å². The predicted molar refractivity (Wildman–Crippen MR) is 53.4 cm³/mol. The molecule has 5 heteroatoms. The van der Waals surface area contributed by atoms with E-state index in [9.17, 15) is 9.90 Å². The first-order chi connectivity index (χ1) is 7.13. The highest BCUT2D eigenvalue weighted by Crippen LogP contribution is 2.39. The van der Waals surface area contributed by atoms with Gasteiger partial charge in [-0.1, -0.05) is 0 Å². The maximum absolute atomic E-state index is 10.8. The second-order valence-electron chi connectivity index (χ2n) is 3.38. The lowest BCUT2D eigenvalue weighted by Gasteiger charge is -2.06. The summed E-state index contributed by atoms with van der Waals surface area (Å²) in [4.78, 5) is 10.8. The molecule has 0 saturated heterocycles. The summed E-state index contributed by atoms with van der Waals surface area (Å²) in [7, 11) is 1.46. The van der Waals surface area contributed by atoms with Gasteiger partial charge in [-0.3, -0.25) is 0 Å². The molecule has 1 unspecified atom stereocenters. The molecule has 3 N–H and O–H groups in total. The Balaban J connectivity index is 2.38. The average Bonchev–Trinajstić information content (AvgIpc) is 2.63. The molecule has 1 aromatic rings. The molecule has 1 aromatic carbocycles. The largest absolute Gasteiger partial charge is 0.504 e. The van der Waals surface area contributed by atoms with Crippen molar-refractivity contribution in [2.75, 3.05) is 12.4 Å². The maximum Gasteiger partial charge on any atom is 0.326 e. The molecular formula is C10H11NO4. The molecule has 0 aromatic heterocycles. The number of aromatic hydroxyl groups is 1. The van der Waals surface area contributed by atoms with Crippen molar-refractivity contribution >= 4 is 11.7 Å². The van der Waals surface area contributed by atoms with Crippen molar-refractivity contribution in [1.82, 2.24) is 0 Å². The summed E-state index contributed by atoms with van der Waals surface area (Å²) in [5.41, 5.74) is 1.25. The Hall–Kier alpha value is -1.91. The second-order valence-corrected chi connectivity index (χ2v) is 3.38. The minimum Gasteiger partial charge on any atom is -0.504 e. The Kier molecular flexibility index (Phi) is 2.15. The van der Waals surface area contributed by atoms with Gasteiger partial charge in [-0.25, -0.2) is 4.79 Å². The van der Waals surface area contributed by atoms with Gasteiger partial charge in [-0.2, -0.15) is 0 Å². The summed E-state index contributed by atoms with van der Waals surface area (Å²) in [5, 5.41) is 21.4. The van der Waals surface area contributed by atoms with Crippen LogP contribution in [0.2, 0.25) is 0 Å². The monoisotopic (exact) mass is 209 g/mol. The Bertz CT molecular complexity index is 416. The van der Waals surface area contributed by atoms with Crippen LogP contribution in [-0.2, 0) is 11.2 Å². The van der Waals surface area contributed by atoms with Crippen LogP contribution in [0.5, 0.6) is 11.5 Å². The molecule has 0 aliphatic carbocycles. The van der Waals surface area contributed by atoms with Gasteiger partial charge >= 0.3 is 5.97 Å². The van der Waals surface area contributed by atoms with Gasteiger partial charge in [0.05, 0.1) is 7.11 Å². The van der Waals surface area contributed by atoms with Crippen LogP contribution in [0.1, 0.15) is 5.56 Å². The lowest BCUT2D eigenvalue weighted by molar-refractivity contribution is -0.137. The lowest BCUT2D eigenvalue weighted by Crippen LogP contribution is -2.26. The molecule has 1 aliphatic heterocycles. The standard InChI is InChI=1S/C10H11NO4/c1-15-8-3-2-6-5(9(8)12)4-7(11-6)10(13)14/h2-3,7,11-12H,4H2,1H3,(H,13,14). The van der Waals surface area contributed by atoms with Crippen LogP contribution in [0.15, 0.2) is 12.1 Å². The van der Waals surface area contributed by atoms with Gasteiger partial charge in [-0.15, -0.1) is 0 Å². The minimum absolute atomic E-state index is 0.0197. The average molecular weight is 209 g/mol. The molecule has 1 aliphatic rings. The van der Waals surface area contributed by atoms with Gasteiger partial charge in [0.25, 0.3) is 0 Å². The number of ether oxygens (including phenoxy) is 1. The van der Waals surface area contributed by atoms with Crippen molar-refractivity contribution in [2.45, 2.75) is 12.5 Å². The number of nitrogens with one attached hydrogen (secondary N) is 1. The van der Waals surface area contributed by atoms with Gasteiger partial charge < -0.3 is 20.3 Å². The Morgan fingerprint density at radius 1 is 1.60 bits per heavy atom. The summed E-state index contributed by atoms with van der Waals surface area (Å²) in [6.07, 6.45) is 0.272. The quantitative estimate of drug-likeness (QED) is 0.672. The number of aliphatic carboxylic acids is 1. The molecule has 2 rings (SSSR count). The highest BCUT2D eigenvalue weighted by Gasteiger charge is 2.29. The number of phenols is 1. The molecule has 5 nitrogen and oxygen atoms in total. The molecule has 15 heavy (non-hydrogen) atoms. The van der Waals surface area contributed by atoms with E-state index in [1.54, 1.807) is 12.1 Å². The molecule has 0 amide bonds. The van der Waals surface area contributed by atoms with E-state index >= 15 is 0 Å². The van der Waals surface area contributed by atoms with E-state index in [-0.39, 0.29) is 12.2 Å². The molecule has 0 saturated carbocycles. The summed E-state index contributed by atoms with van der Waals surface area (Å²) in [6.45, 7) is 0. The van der Waals surface area contributed by atoms with E-state index in [0.29, 0.717) is 17.0 Å². The first-order valence-electron chi connectivity index (χ1n) is 4.51. The highest BCUT2D eigenvalue weighted by molar-refractivity contribution is 5.82. The molecular weight excluding hydrogens is 198 g/mol. The third-order valence-electron chi connectivity index (χ3n) is 2.50.